The molecule has 0 radical (unpaired) electrons. The van der Waals surface area contributed by atoms with Crippen molar-refractivity contribution in [3.05, 3.63) is 48.6 Å². The van der Waals surface area contributed by atoms with Crippen LogP contribution in [-0.2, 0) is 13.5 Å². The molecule has 4 nitrogen and oxygen atoms in total. The first-order chi connectivity index (χ1) is 11.8. The van der Waals surface area contributed by atoms with Crippen LogP contribution in [0.3, 0.4) is 0 Å². The summed E-state index contributed by atoms with van der Waals surface area (Å²) in [6.45, 7) is 2.24. The summed E-state index contributed by atoms with van der Waals surface area (Å²) in [4.78, 5) is 4.41. The summed E-state index contributed by atoms with van der Waals surface area (Å²) >= 11 is 0. The maximum Gasteiger partial charge on any atom is 0.194 e. The van der Waals surface area contributed by atoms with Gasteiger partial charge in [0, 0.05) is 30.8 Å². The van der Waals surface area contributed by atoms with Crippen molar-refractivity contribution in [2.45, 2.75) is 45.4 Å². The van der Waals surface area contributed by atoms with Crippen molar-refractivity contribution in [3.63, 3.8) is 0 Å². The van der Waals surface area contributed by atoms with E-state index in [1.807, 2.05) is 30.2 Å². The van der Waals surface area contributed by atoms with Gasteiger partial charge in [-0.15, -0.1) is 0 Å². The molecule has 24 heavy (non-hydrogen) atoms. The Labute approximate surface area is 143 Å². The van der Waals surface area contributed by atoms with Crippen molar-refractivity contribution in [3.8, 4) is 22.6 Å². The van der Waals surface area contributed by atoms with Crippen LogP contribution in [0.2, 0.25) is 0 Å². The Kier molecular flexibility index (Phi) is 5.47. The van der Waals surface area contributed by atoms with Crippen LogP contribution in [0.15, 0.2) is 47.1 Å². The molecule has 3 rings (SSSR count). The monoisotopic (exact) mass is 323 g/mol. The molecule has 0 atom stereocenters. The molecule has 3 aromatic rings. The van der Waals surface area contributed by atoms with Gasteiger partial charge in [-0.05, 0) is 12.5 Å². The second-order valence-corrected chi connectivity index (χ2v) is 6.23. The highest BCUT2D eigenvalue weighted by Gasteiger charge is 2.07. The first-order valence-corrected chi connectivity index (χ1v) is 8.81. The largest absolute Gasteiger partial charge is 0.441 e. The lowest BCUT2D eigenvalue weighted by molar-refractivity contribution is 0.488. The molecule has 0 aliphatic carbocycles. The quantitative estimate of drug-likeness (QED) is 0.531. The van der Waals surface area contributed by atoms with Gasteiger partial charge in [0.15, 0.2) is 11.7 Å². The fourth-order valence-electron chi connectivity index (χ4n) is 2.81. The van der Waals surface area contributed by atoms with Gasteiger partial charge < -0.3 is 4.42 Å². The van der Waals surface area contributed by atoms with Crippen molar-refractivity contribution >= 4 is 0 Å². The summed E-state index contributed by atoms with van der Waals surface area (Å²) in [7, 11) is 1.93. The molecule has 0 fully saturated rings. The zero-order valence-corrected chi connectivity index (χ0v) is 14.5. The van der Waals surface area contributed by atoms with Gasteiger partial charge in [0.2, 0.25) is 0 Å². The van der Waals surface area contributed by atoms with Crippen molar-refractivity contribution in [1.82, 2.24) is 14.8 Å². The van der Waals surface area contributed by atoms with Crippen LogP contribution < -0.4 is 0 Å². The van der Waals surface area contributed by atoms with E-state index in [0.29, 0.717) is 0 Å². The lowest BCUT2D eigenvalue weighted by Crippen LogP contribution is -1.87. The van der Waals surface area contributed by atoms with Crippen molar-refractivity contribution < 1.29 is 4.42 Å². The molecule has 0 saturated heterocycles. The number of benzene rings is 1. The minimum absolute atomic E-state index is 0.839. The van der Waals surface area contributed by atoms with E-state index in [1.165, 1.54) is 25.7 Å². The molecule has 0 unspecified atom stereocenters. The van der Waals surface area contributed by atoms with E-state index < -0.39 is 0 Å². The average Bonchev–Trinajstić information content (AvgIpc) is 3.24. The van der Waals surface area contributed by atoms with Crippen molar-refractivity contribution in [1.29, 1.82) is 0 Å². The summed E-state index contributed by atoms with van der Waals surface area (Å²) in [5.41, 5.74) is 3.14. The zero-order valence-electron chi connectivity index (χ0n) is 14.5. The molecular weight excluding hydrogens is 298 g/mol. The van der Waals surface area contributed by atoms with Crippen LogP contribution in [0.4, 0.5) is 0 Å². The Morgan fingerprint density at radius 2 is 1.71 bits per heavy atom. The van der Waals surface area contributed by atoms with Gasteiger partial charge in [-0.25, -0.2) is 4.98 Å². The minimum atomic E-state index is 0.839. The fraction of sp³-hybridized carbons (Fsp3) is 0.400. The van der Waals surface area contributed by atoms with Gasteiger partial charge in [0.1, 0.15) is 0 Å². The summed E-state index contributed by atoms with van der Waals surface area (Å²) in [5.74, 6) is 1.68. The third-order valence-corrected chi connectivity index (χ3v) is 4.23. The Hall–Kier alpha value is -2.36. The third kappa shape index (κ3) is 4.13. The average molecular weight is 323 g/mol. The van der Waals surface area contributed by atoms with Crippen LogP contribution >= 0.6 is 0 Å². The standard InChI is InChI=1S/C20H25N3O/c1-3-4-5-6-7-8-20-21-15-19(24-20)17-11-9-16(10-12-17)18-13-14-23(2)22-18/h9-15H,3-8H2,1-2H3. The maximum absolute atomic E-state index is 5.90. The molecule has 1 aromatic carbocycles. The van der Waals surface area contributed by atoms with E-state index in [1.54, 1.807) is 0 Å². The summed E-state index contributed by atoms with van der Waals surface area (Å²) in [5, 5.41) is 4.42. The maximum atomic E-state index is 5.90. The molecular formula is C20H25N3O. The SMILES string of the molecule is CCCCCCCc1ncc(-c2ccc(-c3ccn(C)n3)cc2)o1. The Morgan fingerprint density at radius 3 is 2.42 bits per heavy atom. The second kappa shape index (κ2) is 7.95. The van der Waals surface area contributed by atoms with Crippen LogP contribution in [-0.4, -0.2) is 14.8 Å². The van der Waals surface area contributed by atoms with E-state index >= 15 is 0 Å². The topological polar surface area (TPSA) is 43.9 Å². The van der Waals surface area contributed by atoms with E-state index in [4.69, 9.17) is 4.42 Å². The molecule has 0 saturated carbocycles. The van der Waals surface area contributed by atoms with E-state index in [0.717, 1.165) is 41.3 Å². The molecule has 0 amide bonds. The molecule has 0 aliphatic heterocycles. The lowest BCUT2D eigenvalue weighted by atomic mass is 10.1. The Bertz CT molecular complexity index is 755. The first-order valence-electron chi connectivity index (χ1n) is 8.81. The first kappa shape index (κ1) is 16.5. The predicted octanol–water partition coefficient (Wildman–Crippen LogP) is 5.26. The number of aryl methyl sites for hydroxylation is 2. The van der Waals surface area contributed by atoms with Crippen molar-refractivity contribution in [2.75, 3.05) is 0 Å². The van der Waals surface area contributed by atoms with Crippen molar-refractivity contribution in [2.24, 2.45) is 7.05 Å². The van der Waals surface area contributed by atoms with Crippen LogP contribution in [0, 0.1) is 0 Å². The Morgan fingerprint density at radius 1 is 0.958 bits per heavy atom. The number of hydrogen-bond donors (Lipinski definition) is 0. The van der Waals surface area contributed by atoms with Crippen LogP contribution in [0.5, 0.6) is 0 Å². The second-order valence-electron chi connectivity index (χ2n) is 6.23. The Balaban J connectivity index is 1.60. The van der Waals surface area contributed by atoms with Gasteiger partial charge >= 0.3 is 0 Å². The van der Waals surface area contributed by atoms with E-state index in [9.17, 15) is 0 Å². The van der Waals surface area contributed by atoms with E-state index in [2.05, 4.69) is 41.3 Å². The lowest BCUT2D eigenvalue weighted by Gasteiger charge is -2.00. The van der Waals surface area contributed by atoms with Crippen LogP contribution in [0.1, 0.15) is 44.9 Å². The van der Waals surface area contributed by atoms with Crippen LogP contribution in [0.25, 0.3) is 22.6 Å². The molecule has 2 aromatic heterocycles. The normalized spacial score (nSPS) is 11.1. The highest BCUT2D eigenvalue weighted by atomic mass is 16.4. The van der Waals surface area contributed by atoms with Gasteiger partial charge in [0.25, 0.3) is 0 Å². The van der Waals surface area contributed by atoms with E-state index in [-0.39, 0.29) is 0 Å². The molecule has 0 N–H and O–H groups in total. The van der Waals surface area contributed by atoms with Gasteiger partial charge in [-0.1, -0.05) is 56.9 Å². The molecule has 0 bridgehead atoms. The molecule has 0 spiro atoms. The summed E-state index contributed by atoms with van der Waals surface area (Å²) in [6.07, 6.45) is 11.0. The number of unbranched alkanes of at least 4 members (excludes halogenated alkanes) is 4. The highest BCUT2D eigenvalue weighted by Crippen LogP contribution is 2.25. The number of aromatic nitrogens is 3. The van der Waals surface area contributed by atoms with Gasteiger partial charge in [-0.3, -0.25) is 4.68 Å². The third-order valence-electron chi connectivity index (χ3n) is 4.23. The summed E-state index contributed by atoms with van der Waals surface area (Å²) in [6, 6.07) is 10.3. The van der Waals surface area contributed by atoms with Gasteiger partial charge in [0.05, 0.1) is 11.9 Å². The summed E-state index contributed by atoms with van der Waals surface area (Å²) < 4.78 is 7.71. The predicted molar refractivity (Wildman–Crippen MR) is 96.6 cm³/mol. The smallest absolute Gasteiger partial charge is 0.194 e. The number of nitrogens with zero attached hydrogens (tertiary/aromatic N) is 3. The minimum Gasteiger partial charge on any atom is -0.441 e. The highest BCUT2D eigenvalue weighted by molar-refractivity contribution is 5.65. The molecule has 126 valence electrons. The van der Waals surface area contributed by atoms with Gasteiger partial charge in [-0.2, -0.15) is 5.10 Å². The fourth-order valence-corrected chi connectivity index (χ4v) is 2.81. The number of hydrogen-bond acceptors (Lipinski definition) is 3. The molecule has 4 heteroatoms. The molecule has 0 aliphatic rings. The zero-order chi connectivity index (χ0) is 16.8. The molecule has 2 heterocycles. The number of rotatable bonds is 8. The number of oxazole rings is 1.